The minimum absolute atomic E-state index is 0.126. The molecule has 0 aromatic heterocycles. The Labute approximate surface area is 241 Å². The fraction of sp³-hybridized carbons (Fsp3) is 0.294. The van der Waals surface area contributed by atoms with Gasteiger partial charge >= 0.3 is 12.0 Å². The van der Waals surface area contributed by atoms with Crippen LogP contribution in [-0.4, -0.2) is 18.5 Å². The van der Waals surface area contributed by atoms with Gasteiger partial charge in [0.25, 0.3) is 0 Å². The number of hydrogen-bond acceptors (Lipinski definition) is 4. The third-order valence-corrected chi connectivity index (χ3v) is 7.64. The molecule has 40 heavy (non-hydrogen) atoms. The summed E-state index contributed by atoms with van der Waals surface area (Å²) in [5, 5.41) is 5.36. The number of amides is 2. The van der Waals surface area contributed by atoms with E-state index in [-0.39, 0.29) is 12.0 Å². The van der Waals surface area contributed by atoms with Crippen LogP contribution in [-0.2, 0) is 4.79 Å². The number of rotatable bonds is 13. The van der Waals surface area contributed by atoms with Gasteiger partial charge in [0.2, 0.25) is 0 Å². The molecule has 0 saturated heterocycles. The van der Waals surface area contributed by atoms with Crippen LogP contribution < -0.4 is 15.0 Å². The highest BCUT2D eigenvalue weighted by Gasteiger charge is 2.16. The molecule has 0 saturated carbocycles. The zero-order valence-electron chi connectivity index (χ0n) is 23.4. The van der Waals surface area contributed by atoms with Gasteiger partial charge in [-0.1, -0.05) is 81.6 Å². The number of hydrogen-bond donors (Lipinski definition) is 1. The monoisotopic (exact) mass is 554 g/mol. The van der Waals surface area contributed by atoms with Crippen LogP contribution >= 0.6 is 11.8 Å². The summed E-state index contributed by atoms with van der Waals surface area (Å²) in [6.07, 6.45) is 6.84. The molecule has 0 unspecified atom stereocenters. The maximum absolute atomic E-state index is 13.5. The minimum Gasteiger partial charge on any atom is -0.427 e. The molecule has 2 amide bonds. The molecule has 5 nitrogen and oxygen atoms in total. The minimum atomic E-state index is -0.210. The predicted molar refractivity (Wildman–Crippen MR) is 167 cm³/mol. The topological polar surface area (TPSA) is 58.6 Å². The Balaban J connectivity index is 1.43. The maximum atomic E-state index is 13.5. The summed E-state index contributed by atoms with van der Waals surface area (Å²) < 4.78 is 5.35. The Bertz CT molecular complexity index is 1390. The lowest BCUT2D eigenvalue weighted by molar-refractivity contribution is -0.134. The van der Waals surface area contributed by atoms with Crippen LogP contribution in [0.15, 0.2) is 101 Å². The number of fused-ring (bicyclic) bond motifs is 1. The largest absolute Gasteiger partial charge is 0.427 e. The van der Waals surface area contributed by atoms with Crippen molar-refractivity contribution in [3.05, 3.63) is 91.0 Å². The summed E-state index contributed by atoms with van der Waals surface area (Å²) in [6, 6.07) is 29.7. The number of nitrogens with one attached hydrogen (secondary N) is 1. The smallest absolute Gasteiger partial charge is 0.326 e. The van der Waals surface area contributed by atoms with Gasteiger partial charge in [0.15, 0.2) is 0 Å². The van der Waals surface area contributed by atoms with Crippen molar-refractivity contribution in [1.82, 2.24) is 0 Å². The van der Waals surface area contributed by atoms with Crippen LogP contribution in [0.2, 0.25) is 0 Å². The third kappa shape index (κ3) is 8.62. The Morgan fingerprint density at radius 1 is 0.750 bits per heavy atom. The van der Waals surface area contributed by atoms with Gasteiger partial charge in [-0.25, -0.2) is 4.79 Å². The van der Waals surface area contributed by atoms with Crippen molar-refractivity contribution in [2.45, 2.75) is 68.6 Å². The first-order valence-corrected chi connectivity index (χ1v) is 15.0. The zero-order chi connectivity index (χ0) is 28.2. The average Bonchev–Trinajstić information content (AvgIpc) is 2.96. The van der Waals surface area contributed by atoms with Crippen LogP contribution in [0.5, 0.6) is 5.75 Å². The van der Waals surface area contributed by atoms with Gasteiger partial charge in [-0.15, -0.1) is 0 Å². The second kappa shape index (κ2) is 15.1. The second-order valence-corrected chi connectivity index (χ2v) is 11.0. The first-order chi connectivity index (χ1) is 19.6. The molecule has 0 fully saturated rings. The van der Waals surface area contributed by atoms with Crippen molar-refractivity contribution in [3.63, 3.8) is 0 Å². The highest BCUT2D eigenvalue weighted by atomic mass is 32.2. The van der Waals surface area contributed by atoms with Crippen LogP contribution in [0.3, 0.4) is 0 Å². The van der Waals surface area contributed by atoms with E-state index in [1.807, 2.05) is 90.7 Å². The van der Waals surface area contributed by atoms with E-state index >= 15 is 0 Å². The lowest BCUT2D eigenvalue weighted by atomic mass is 10.1. The first kappa shape index (κ1) is 29.2. The molecule has 0 atom stereocenters. The fourth-order valence-corrected chi connectivity index (χ4v) is 5.29. The molecule has 4 aromatic rings. The number of ether oxygens (including phenoxy) is 1. The molecular formula is C34H38N2O3S. The number of carbonyl (C=O) groups excluding carboxylic acids is 2. The highest BCUT2D eigenvalue weighted by Crippen LogP contribution is 2.31. The average molecular weight is 555 g/mol. The van der Waals surface area contributed by atoms with E-state index in [0.717, 1.165) is 51.2 Å². The molecule has 0 aliphatic heterocycles. The Morgan fingerprint density at radius 3 is 2.12 bits per heavy atom. The van der Waals surface area contributed by atoms with E-state index in [9.17, 15) is 9.59 Å². The number of benzene rings is 4. The zero-order valence-corrected chi connectivity index (χ0v) is 24.2. The molecular weight excluding hydrogens is 516 g/mol. The summed E-state index contributed by atoms with van der Waals surface area (Å²) in [6.45, 7) is 4.82. The SMILES string of the molecule is CCCCCCCN(C(=O)Nc1ccc2ccccc2c1)c1ccc(Sc2ccc(OC(=O)CCC)cc2)cc1. The van der Waals surface area contributed by atoms with Gasteiger partial charge in [-0.05, 0) is 84.3 Å². The van der Waals surface area contributed by atoms with Crippen LogP contribution in [0.4, 0.5) is 16.2 Å². The Kier molecular flexibility index (Phi) is 11.1. The maximum Gasteiger partial charge on any atom is 0.326 e. The summed E-state index contributed by atoms with van der Waals surface area (Å²) >= 11 is 1.63. The van der Waals surface area contributed by atoms with Crippen LogP contribution in [0, 0.1) is 0 Å². The lowest BCUT2D eigenvalue weighted by Gasteiger charge is -2.24. The quantitative estimate of drug-likeness (QED) is 0.102. The van der Waals surface area contributed by atoms with Crippen molar-refractivity contribution in [2.75, 3.05) is 16.8 Å². The molecule has 0 heterocycles. The molecule has 1 N–H and O–H groups in total. The van der Waals surface area contributed by atoms with Gasteiger partial charge in [0.05, 0.1) is 0 Å². The van der Waals surface area contributed by atoms with Crippen molar-refractivity contribution >= 4 is 45.9 Å². The number of urea groups is 1. The summed E-state index contributed by atoms with van der Waals surface area (Å²) in [7, 11) is 0. The van der Waals surface area contributed by atoms with Gasteiger partial charge in [-0.3, -0.25) is 9.69 Å². The molecule has 4 aromatic carbocycles. The standard InChI is InChI=1S/C34H38N2O3S/c1-3-5-6-7-10-24-36(34(38)35-28-15-14-26-12-8-9-13-27(26)25-28)29-16-20-31(21-17-29)40-32-22-18-30(19-23-32)39-33(37)11-4-2/h8-9,12-23,25H,3-7,10-11,24H2,1-2H3,(H,35,38). The van der Waals surface area contributed by atoms with E-state index in [1.54, 1.807) is 11.8 Å². The molecule has 0 bridgehead atoms. The van der Waals surface area contributed by atoms with Gasteiger partial charge in [0.1, 0.15) is 5.75 Å². The molecule has 208 valence electrons. The Morgan fingerprint density at radius 2 is 1.43 bits per heavy atom. The van der Waals surface area contributed by atoms with Crippen LogP contribution in [0.25, 0.3) is 10.8 Å². The summed E-state index contributed by atoms with van der Waals surface area (Å²) in [5.41, 5.74) is 1.66. The Hall–Kier alpha value is -3.77. The first-order valence-electron chi connectivity index (χ1n) is 14.2. The van der Waals surface area contributed by atoms with Crippen LogP contribution in [0.1, 0.15) is 58.8 Å². The van der Waals surface area contributed by atoms with E-state index in [2.05, 4.69) is 24.4 Å². The number of nitrogens with zero attached hydrogens (tertiary/aromatic N) is 1. The van der Waals surface area contributed by atoms with Gasteiger partial charge < -0.3 is 10.1 Å². The van der Waals surface area contributed by atoms with Crippen molar-refractivity contribution < 1.29 is 14.3 Å². The van der Waals surface area contributed by atoms with Gasteiger partial charge in [-0.2, -0.15) is 0 Å². The molecule has 4 rings (SSSR count). The van der Waals surface area contributed by atoms with Gasteiger partial charge in [0, 0.05) is 34.1 Å². The highest BCUT2D eigenvalue weighted by molar-refractivity contribution is 7.99. The predicted octanol–water partition coefficient (Wildman–Crippen LogP) is 9.71. The summed E-state index contributed by atoms with van der Waals surface area (Å²) in [4.78, 5) is 29.2. The molecule has 0 radical (unpaired) electrons. The van der Waals surface area contributed by atoms with E-state index < -0.39 is 0 Å². The summed E-state index contributed by atoms with van der Waals surface area (Å²) in [5.74, 6) is 0.350. The second-order valence-electron chi connectivity index (χ2n) is 9.85. The van der Waals surface area contributed by atoms with Crippen molar-refractivity contribution in [3.8, 4) is 5.75 Å². The van der Waals surface area contributed by atoms with E-state index in [1.165, 1.54) is 19.3 Å². The lowest BCUT2D eigenvalue weighted by Crippen LogP contribution is -2.35. The van der Waals surface area contributed by atoms with E-state index in [0.29, 0.717) is 18.7 Å². The number of anilines is 2. The van der Waals surface area contributed by atoms with Crippen molar-refractivity contribution in [1.29, 1.82) is 0 Å². The number of esters is 1. The molecule has 0 aliphatic carbocycles. The number of unbranched alkanes of at least 4 members (excludes halogenated alkanes) is 4. The molecule has 0 aliphatic rings. The molecule has 6 heteroatoms. The normalized spacial score (nSPS) is 10.8. The van der Waals surface area contributed by atoms with E-state index in [4.69, 9.17) is 4.74 Å². The molecule has 0 spiro atoms. The fourth-order valence-electron chi connectivity index (χ4n) is 4.47. The van der Waals surface area contributed by atoms with Crippen molar-refractivity contribution in [2.24, 2.45) is 0 Å². The number of carbonyl (C=O) groups is 2. The third-order valence-electron chi connectivity index (χ3n) is 6.62.